The van der Waals surface area contributed by atoms with E-state index in [0.717, 1.165) is 17.8 Å². The molecule has 1 aliphatic rings. The third-order valence-electron chi connectivity index (χ3n) is 4.90. The molecular weight excluding hydrogens is 204 g/mol. The Bertz CT molecular complexity index is 350. The SMILES string of the molecule is CC1CCC(C)C(C(C)(C)c2ccccc2)C1. The van der Waals surface area contributed by atoms with Crippen LogP contribution in [0, 0.1) is 17.8 Å². The Kier molecular flexibility index (Phi) is 3.61. The average molecular weight is 230 g/mol. The Morgan fingerprint density at radius 1 is 1.00 bits per heavy atom. The number of benzene rings is 1. The Morgan fingerprint density at radius 2 is 1.65 bits per heavy atom. The second-order valence-electron chi connectivity index (χ2n) is 6.59. The molecule has 17 heavy (non-hydrogen) atoms. The molecule has 1 aromatic carbocycles. The van der Waals surface area contributed by atoms with Gasteiger partial charge in [0.25, 0.3) is 0 Å². The van der Waals surface area contributed by atoms with Crippen LogP contribution in [0.5, 0.6) is 0 Å². The lowest BCUT2D eigenvalue weighted by molar-refractivity contribution is 0.129. The predicted octanol–water partition coefficient (Wildman–Crippen LogP) is 5.04. The summed E-state index contributed by atoms with van der Waals surface area (Å²) in [7, 11) is 0. The zero-order valence-corrected chi connectivity index (χ0v) is 11.7. The first-order valence-corrected chi connectivity index (χ1v) is 7.07. The van der Waals surface area contributed by atoms with Gasteiger partial charge in [0.2, 0.25) is 0 Å². The molecule has 0 heterocycles. The van der Waals surface area contributed by atoms with Gasteiger partial charge in [0.05, 0.1) is 0 Å². The van der Waals surface area contributed by atoms with Crippen LogP contribution in [-0.2, 0) is 5.41 Å². The van der Waals surface area contributed by atoms with Gasteiger partial charge in [0.1, 0.15) is 0 Å². The molecule has 0 heteroatoms. The van der Waals surface area contributed by atoms with Crippen molar-refractivity contribution in [3.8, 4) is 0 Å². The lowest BCUT2D eigenvalue weighted by atomic mass is 9.61. The van der Waals surface area contributed by atoms with E-state index in [1.807, 2.05) is 0 Å². The van der Waals surface area contributed by atoms with Crippen molar-refractivity contribution in [2.45, 2.75) is 52.4 Å². The van der Waals surface area contributed by atoms with Crippen LogP contribution in [0.15, 0.2) is 30.3 Å². The topological polar surface area (TPSA) is 0 Å². The molecule has 0 aromatic heterocycles. The van der Waals surface area contributed by atoms with Crippen LogP contribution in [0.2, 0.25) is 0 Å². The molecule has 0 bridgehead atoms. The summed E-state index contributed by atoms with van der Waals surface area (Å²) < 4.78 is 0. The number of hydrogen-bond acceptors (Lipinski definition) is 0. The Labute approximate surface area is 106 Å². The van der Waals surface area contributed by atoms with Crippen LogP contribution < -0.4 is 0 Å². The van der Waals surface area contributed by atoms with Crippen molar-refractivity contribution in [2.75, 3.05) is 0 Å². The van der Waals surface area contributed by atoms with Crippen molar-refractivity contribution in [2.24, 2.45) is 17.8 Å². The summed E-state index contributed by atoms with van der Waals surface area (Å²) in [5.74, 6) is 2.59. The van der Waals surface area contributed by atoms with Gasteiger partial charge in [0.15, 0.2) is 0 Å². The Balaban J connectivity index is 2.25. The van der Waals surface area contributed by atoms with Gasteiger partial charge in [-0.25, -0.2) is 0 Å². The van der Waals surface area contributed by atoms with E-state index in [1.54, 1.807) is 0 Å². The van der Waals surface area contributed by atoms with Gasteiger partial charge in [0, 0.05) is 0 Å². The standard InChI is InChI=1S/C17H26/c1-13-10-11-14(2)16(12-13)17(3,4)15-8-6-5-7-9-15/h5-9,13-14,16H,10-12H2,1-4H3. The zero-order valence-electron chi connectivity index (χ0n) is 11.7. The van der Waals surface area contributed by atoms with Gasteiger partial charge in [-0.1, -0.05) is 70.9 Å². The van der Waals surface area contributed by atoms with Crippen LogP contribution in [0.3, 0.4) is 0 Å². The highest BCUT2D eigenvalue weighted by Gasteiger charge is 2.37. The van der Waals surface area contributed by atoms with Crippen LogP contribution >= 0.6 is 0 Å². The van der Waals surface area contributed by atoms with E-state index in [-0.39, 0.29) is 0 Å². The number of hydrogen-bond donors (Lipinski definition) is 0. The fourth-order valence-corrected chi connectivity index (χ4v) is 3.62. The molecular formula is C17H26. The van der Waals surface area contributed by atoms with Crippen molar-refractivity contribution in [3.05, 3.63) is 35.9 Å². The minimum absolute atomic E-state index is 0.315. The average Bonchev–Trinajstić information content (AvgIpc) is 2.33. The predicted molar refractivity (Wildman–Crippen MR) is 75.1 cm³/mol. The second-order valence-corrected chi connectivity index (χ2v) is 6.59. The van der Waals surface area contributed by atoms with Crippen LogP contribution in [0.1, 0.15) is 52.5 Å². The summed E-state index contributed by atoms with van der Waals surface area (Å²) in [6, 6.07) is 11.1. The van der Waals surface area contributed by atoms with E-state index < -0.39 is 0 Å². The largest absolute Gasteiger partial charge is 0.0625 e. The van der Waals surface area contributed by atoms with Crippen molar-refractivity contribution in [1.29, 1.82) is 0 Å². The third kappa shape index (κ3) is 2.56. The highest BCUT2D eigenvalue weighted by atomic mass is 14.4. The summed E-state index contributed by atoms with van der Waals surface area (Å²) in [6.07, 6.45) is 4.22. The summed E-state index contributed by atoms with van der Waals surface area (Å²) in [6.45, 7) is 9.73. The summed E-state index contributed by atoms with van der Waals surface area (Å²) in [5, 5.41) is 0. The van der Waals surface area contributed by atoms with Gasteiger partial charge in [-0.3, -0.25) is 0 Å². The lowest BCUT2D eigenvalue weighted by Crippen LogP contribution is -2.37. The molecule has 1 fully saturated rings. The molecule has 2 rings (SSSR count). The van der Waals surface area contributed by atoms with E-state index in [0.29, 0.717) is 5.41 Å². The minimum atomic E-state index is 0.315. The first-order chi connectivity index (χ1) is 8.01. The molecule has 0 saturated heterocycles. The molecule has 1 aliphatic carbocycles. The maximum atomic E-state index is 2.45. The van der Waals surface area contributed by atoms with Gasteiger partial charge in [-0.15, -0.1) is 0 Å². The molecule has 1 aromatic rings. The Morgan fingerprint density at radius 3 is 2.29 bits per heavy atom. The molecule has 3 atom stereocenters. The molecule has 94 valence electrons. The normalized spacial score (nSPS) is 30.2. The van der Waals surface area contributed by atoms with Crippen molar-refractivity contribution >= 4 is 0 Å². The fraction of sp³-hybridized carbons (Fsp3) is 0.647. The van der Waals surface area contributed by atoms with Gasteiger partial charge < -0.3 is 0 Å². The highest BCUT2D eigenvalue weighted by Crippen LogP contribution is 2.45. The highest BCUT2D eigenvalue weighted by molar-refractivity contribution is 5.25. The fourth-order valence-electron chi connectivity index (χ4n) is 3.62. The van der Waals surface area contributed by atoms with Gasteiger partial charge in [-0.2, -0.15) is 0 Å². The molecule has 0 amide bonds. The second kappa shape index (κ2) is 4.84. The molecule has 0 N–H and O–H groups in total. The van der Waals surface area contributed by atoms with E-state index in [2.05, 4.69) is 58.0 Å². The Hall–Kier alpha value is -0.780. The van der Waals surface area contributed by atoms with Crippen LogP contribution in [0.25, 0.3) is 0 Å². The zero-order chi connectivity index (χ0) is 12.5. The third-order valence-corrected chi connectivity index (χ3v) is 4.90. The van der Waals surface area contributed by atoms with E-state index in [9.17, 15) is 0 Å². The summed E-state index contributed by atoms with van der Waals surface area (Å²) in [5.41, 5.74) is 1.82. The van der Waals surface area contributed by atoms with Gasteiger partial charge >= 0.3 is 0 Å². The van der Waals surface area contributed by atoms with Crippen LogP contribution in [-0.4, -0.2) is 0 Å². The van der Waals surface area contributed by atoms with E-state index >= 15 is 0 Å². The van der Waals surface area contributed by atoms with Crippen molar-refractivity contribution in [3.63, 3.8) is 0 Å². The maximum Gasteiger partial charge on any atom is -0.00727 e. The van der Waals surface area contributed by atoms with Crippen LogP contribution in [0.4, 0.5) is 0 Å². The molecule has 3 unspecified atom stereocenters. The smallest absolute Gasteiger partial charge is 0.00727 e. The quantitative estimate of drug-likeness (QED) is 0.668. The minimum Gasteiger partial charge on any atom is -0.0625 e. The molecule has 1 saturated carbocycles. The first-order valence-electron chi connectivity index (χ1n) is 7.07. The lowest BCUT2D eigenvalue weighted by Gasteiger charge is -2.43. The van der Waals surface area contributed by atoms with Crippen molar-refractivity contribution < 1.29 is 0 Å². The monoisotopic (exact) mass is 230 g/mol. The summed E-state index contributed by atoms with van der Waals surface area (Å²) in [4.78, 5) is 0. The molecule has 0 aliphatic heterocycles. The molecule has 0 spiro atoms. The molecule has 0 radical (unpaired) electrons. The first kappa shape index (κ1) is 12.7. The van der Waals surface area contributed by atoms with Gasteiger partial charge in [-0.05, 0) is 35.2 Å². The van der Waals surface area contributed by atoms with Crippen molar-refractivity contribution in [1.82, 2.24) is 0 Å². The van der Waals surface area contributed by atoms with E-state index in [4.69, 9.17) is 0 Å². The molecule has 0 nitrogen and oxygen atoms in total. The number of rotatable bonds is 2. The maximum absolute atomic E-state index is 2.45. The summed E-state index contributed by atoms with van der Waals surface area (Å²) >= 11 is 0. The van der Waals surface area contributed by atoms with E-state index in [1.165, 1.54) is 24.8 Å².